The van der Waals surface area contributed by atoms with Crippen LogP contribution < -0.4 is 14.5 Å². The molecule has 1 aromatic heterocycles. The molecule has 6 heteroatoms. The van der Waals surface area contributed by atoms with Gasteiger partial charge in [0.05, 0.1) is 12.6 Å². The predicted molar refractivity (Wildman–Crippen MR) is 143 cm³/mol. The lowest BCUT2D eigenvalue weighted by Crippen LogP contribution is -2.34. The Hall–Kier alpha value is -2.86. The highest BCUT2D eigenvalue weighted by atomic mass is 16.5. The van der Waals surface area contributed by atoms with Gasteiger partial charge >= 0.3 is 0 Å². The van der Waals surface area contributed by atoms with Gasteiger partial charge in [-0.3, -0.25) is 0 Å². The fourth-order valence-electron chi connectivity index (χ4n) is 5.88. The third-order valence-electron chi connectivity index (χ3n) is 8.25. The van der Waals surface area contributed by atoms with Crippen LogP contribution in [0.5, 0.6) is 5.75 Å². The van der Waals surface area contributed by atoms with Crippen LogP contribution in [0.3, 0.4) is 0 Å². The SMILES string of the molecule is COc1ccccc1C1CCN(c2nc(C3CC3)nc3ccc(N4CCC(N(C)C)C4)cc23)CC1. The number of aromatic nitrogens is 2. The lowest BCUT2D eigenvalue weighted by Gasteiger charge is -2.34. The zero-order valence-corrected chi connectivity index (χ0v) is 21.3. The Morgan fingerprint density at radius 1 is 0.857 bits per heavy atom. The van der Waals surface area contributed by atoms with E-state index in [0.717, 1.165) is 61.9 Å². The molecule has 6 nitrogen and oxygen atoms in total. The maximum atomic E-state index is 5.66. The summed E-state index contributed by atoms with van der Waals surface area (Å²) in [7, 11) is 6.15. The zero-order chi connectivity index (χ0) is 23.9. The third-order valence-corrected chi connectivity index (χ3v) is 8.25. The van der Waals surface area contributed by atoms with Gasteiger partial charge in [0.2, 0.25) is 0 Å². The van der Waals surface area contributed by atoms with E-state index in [1.165, 1.54) is 35.9 Å². The Bertz CT molecular complexity index is 1200. The highest BCUT2D eigenvalue weighted by Gasteiger charge is 2.31. The molecule has 2 aliphatic heterocycles. The molecule has 0 bridgehead atoms. The van der Waals surface area contributed by atoms with E-state index >= 15 is 0 Å². The highest BCUT2D eigenvalue weighted by Crippen LogP contribution is 2.42. The van der Waals surface area contributed by atoms with Crippen LogP contribution in [0.15, 0.2) is 42.5 Å². The van der Waals surface area contributed by atoms with Crippen molar-refractivity contribution in [3.63, 3.8) is 0 Å². The van der Waals surface area contributed by atoms with Crippen LogP contribution in [0.25, 0.3) is 10.9 Å². The van der Waals surface area contributed by atoms with Gasteiger partial charge in [-0.1, -0.05) is 18.2 Å². The minimum Gasteiger partial charge on any atom is -0.496 e. The maximum Gasteiger partial charge on any atom is 0.140 e. The quantitative estimate of drug-likeness (QED) is 0.502. The molecule has 3 fully saturated rings. The van der Waals surface area contributed by atoms with Gasteiger partial charge in [0.15, 0.2) is 0 Å². The second kappa shape index (κ2) is 9.30. The van der Waals surface area contributed by atoms with Crippen LogP contribution in [0.2, 0.25) is 0 Å². The van der Waals surface area contributed by atoms with Gasteiger partial charge < -0.3 is 19.4 Å². The molecule has 0 amide bonds. The molecule has 2 saturated heterocycles. The Balaban J connectivity index is 1.29. The number of likely N-dealkylation sites (N-methyl/N-ethyl adjacent to an activating group) is 1. The summed E-state index contributed by atoms with van der Waals surface area (Å²) in [5.41, 5.74) is 3.73. The molecule has 0 radical (unpaired) electrons. The van der Waals surface area contributed by atoms with Crippen molar-refractivity contribution in [3.8, 4) is 5.75 Å². The van der Waals surface area contributed by atoms with Gasteiger partial charge in [-0.25, -0.2) is 9.97 Å². The minimum atomic E-state index is 0.529. The number of methoxy groups -OCH3 is 1. The summed E-state index contributed by atoms with van der Waals surface area (Å²) in [4.78, 5) is 17.6. The molecule has 6 rings (SSSR count). The summed E-state index contributed by atoms with van der Waals surface area (Å²) in [6, 6.07) is 16.0. The van der Waals surface area contributed by atoms with Gasteiger partial charge in [-0.05, 0) is 81.9 Å². The van der Waals surface area contributed by atoms with E-state index in [2.05, 4.69) is 71.3 Å². The van der Waals surface area contributed by atoms with Crippen molar-refractivity contribution >= 4 is 22.4 Å². The summed E-state index contributed by atoms with van der Waals surface area (Å²) in [5.74, 6) is 4.27. The molecule has 3 aliphatic rings. The topological polar surface area (TPSA) is 44.7 Å². The Morgan fingerprint density at radius 2 is 1.63 bits per heavy atom. The Kier molecular flexibility index (Phi) is 6.01. The van der Waals surface area contributed by atoms with E-state index in [1.54, 1.807) is 7.11 Å². The summed E-state index contributed by atoms with van der Waals surface area (Å²) in [5, 5.41) is 1.20. The molecule has 184 valence electrons. The van der Waals surface area contributed by atoms with Gasteiger partial charge in [0.1, 0.15) is 17.4 Å². The fraction of sp³-hybridized carbons (Fsp3) is 0.517. The smallest absolute Gasteiger partial charge is 0.140 e. The number of piperidine rings is 1. The number of anilines is 2. The molecular weight excluding hydrogens is 434 g/mol. The van der Waals surface area contributed by atoms with Crippen LogP contribution >= 0.6 is 0 Å². The van der Waals surface area contributed by atoms with Gasteiger partial charge in [-0.2, -0.15) is 0 Å². The van der Waals surface area contributed by atoms with Crippen LogP contribution in [-0.2, 0) is 0 Å². The molecular formula is C29H37N5O. The molecule has 3 aromatic rings. The number of benzene rings is 2. The first-order chi connectivity index (χ1) is 17.1. The van der Waals surface area contributed by atoms with Gasteiger partial charge in [-0.15, -0.1) is 0 Å². The number of nitrogens with zero attached hydrogens (tertiary/aromatic N) is 5. The lowest BCUT2D eigenvalue weighted by atomic mass is 9.88. The maximum absolute atomic E-state index is 5.66. The second-order valence-electron chi connectivity index (χ2n) is 10.7. The summed E-state index contributed by atoms with van der Waals surface area (Å²) >= 11 is 0. The van der Waals surface area contributed by atoms with E-state index in [4.69, 9.17) is 14.7 Å². The molecule has 1 saturated carbocycles. The number of para-hydroxylation sites is 1. The standard InChI is InChI=1S/C29H37N5O/c1-32(2)23-14-17-34(19-23)22-10-11-26-25(18-22)29(31-28(30-26)21-8-9-21)33-15-12-20(13-16-33)24-6-4-5-7-27(24)35-3/h4-7,10-11,18,20-21,23H,8-9,12-17,19H2,1-3H3. The van der Waals surface area contributed by atoms with Crippen LogP contribution in [0.1, 0.15) is 55.3 Å². The van der Waals surface area contributed by atoms with Crippen LogP contribution in [0.4, 0.5) is 11.5 Å². The van der Waals surface area contributed by atoms with E-state index in [9.17, 15) is 0 Å². The number of rotatable bonds is 6. The summed E-state index contributed by atoms with van der Waals surface area (Å²) in [6.07, 6.45) is 5.88. The first-order valence-corrected chi connectivity index (χ1v) is 13.2. The average Bonchev–Trinajstić information content (AvgIpc) is 3.63. The first kappa shape index (κ1) is 22.6. The number of hydrogen-bond donors (Lipinski definition) is 0. The van der Waals surface area contributed by atoms with Crippen molar-refractivity contribution in [2.75, 3.05) is 57.2 Å². The van der Waals surface area contributed by atoms with E-state index in [0.29, 0.717) is 17.9 Å². The number of fused-ring (bicyclic) bond motifs is 1. The molecule has 1 atom stereocenters. The second-order valence-corrected chi connectivity index (χ2v) is 10.7. The fourth-order valence-corrected chi connectivity index (χ4v) is 5.88. The van der Waals surface area contributed by atoms with Crippen molar-refractivity contribution in [1.82, 2.24) is 14.9 Å². The number of hydrogen-bond acceptors (Lipinski definition) is 6. The Labute approximate surface area is 208 Å². The first-order valence-electron chi connectivity index (χ1n) is 13.2. The van der Waals surface area contributed by atoms with Crippen molar-refractivity contribution in [2.45, 2.75) is 50.0 Å². The summed E-state index contributed by atoms with van der Waals surface area (Å²) in [6.45, 7) is 4.21. The zero-order valence-electron chi connectivity index (χ0n) is 21.3. The molecule has 3 heterocycles. The molecule has 2 aromatic carbocycles. The van der Waals surface area contributed by atoms with Crippen LogP contribution in [-0.4, -0.2) is 68.3 Å². The highest BCUT2D eigenvalue weighted by molar-refractivity contribution is 5.92. The Morgan fingerprint density at radius 3 is 2.34 bits per heavy atom. The van der Waals surface area contributed by atoms with Gasteiger partial charge in [0.25, 0.3) is 0 Å². The molecule has 0 N–H and O–H groups in total. The molecule has 35 heavy (non-hydrogen) atoms. The van der Waals surface area contributed by atoms with Gasteiger partial charge in [0, 0.05) is 49.2 Å². The van der Waals surface area contributed by atoms with Crippen molar-refractivity contribution in [1.29, 1.82) is 0 Å². The molecule has 0 spiro atoms. The summed E-state index contributed by atoms with van der Waals surface area (Å²) < 4.78 is 5.66. The van der Waals surface area contributed by atoms with Crippen molar-refractivity contribution in [2.24, 2.45) is 0 Å². The van der Waals surface area contributed by atoms with E-state index in [1.807, 2.05) is 0 Å². The molecule has 1 unspecified atom stereocenters. The number of ether oxygens (including phenoxy) is 1. The minimum absolute atomic E-state index is 0.529. The normalized spacial score (nSPS) is 21.3. The van der Waals surface area contributed by atoms with E-state index < -0.39 is 0 Å². The lowest BCUT2D eigenvalue weighted by molar-refractivity contribution is 0.315. The molecule has 1 aliphatic carbocycles. The predicted octanol–water partition coefficient (Wildman–Crippen LogP) is 5.04. The monoisotopic (exact) mass is 471 g/mol. The average molecular weight is 472 g/mol. The van der Waals surface area contributed by atoms with Crippen molar-refractivity contribution < 1.29 is 4.74 Å². The van der Waals surface area contributed by atoms with E-state index in [-0.39, 0.29) is 0 Å². The largest absolute Gasteiger partial charge is 0.496 e. The van der Waals surface area contributed by atoms with Crippen molar-refractivity contribution in [3.05, 3.63) is 53.9 Å². The third kappa shape index (κ3) is 4.44. The van der Waals surface area contributed by atoms with Crippen LogP contribution in [0, 0.1) is 0 Å².